The van der Waals surface area contributed by atoms with Crippen LogP contribution in [0.3, 0.4) is 0 Å². The Labute approximate surface area is 144 Å². The maximum absolute atomic E-state index is 12.4. The molecule has 1 aliphatic heterocycles. The molecule has 0 saturated carbocycles. The van der Waals surface area contributed by atoms with Crippen molar-refractivity contribution in [3.05, 3.63) is 24.0 Å². The number of nitrogens with one attached hydrogen (secondary N) is 2. The quantitative estimate of drug-likeness (QED) is 0.819. The van der Waals surface area contributed by atoms with E-state index in [1.54, 1.807) is 25.3 Å². The monoisotopic (exact) mass is 345 g/mol. The Morgan fingerprint density at radius 1 is 1.36 bits per heavy atom. The lowest BCUT2D eigenvalue weighted by molar-refractivity contribution is -0.123. The predicted octanol–water partition coefficient (Wildman–Crippen LogP) is 1.38. The van der Waals surface area contributed by atoms with Crippen LogP contribution in [0.1, 0.15) is 25.2 Å². The highest BCUT2D eigenvalue weighted by atomic mass is 16.5. The number of ether oxygens (including phenoxy) is 2. The van der Waals surface area contributed by atoms with Crippen molar-refractivity contribution in [2.75, 3.05) is 24.9 Å². The van der Waals surface area contributed by atoms with Crippen LogP contribution in [0, 0.1) is 0 Å². The number of rotatable bonds is 6. The molecule has 25 heavy (non-hydrogen) atoms. The largest absolute Gasteiger partial charge is 0.497 e. The second-order valence-electron chi connectivity index (χ2n) is 5.47. The maximum Gasteiger partial charge on any atom is 0.252 e. The van der Waals surface area contributed by atoms with Gasteiger partial charge in [-0.15, -0.1) is 0 Å². The molecule has 1 aromatic heterocycles. The molecule has 0 bridgehead atoms. The first-order chi connectivity index (χ1) is 12.0. The molecule has 1 atom stereocenters. The summed E-state index contributed by atoms with van der Waals surface area (Å²) in [5.74, 6) is 1.46. The zero-order valence-corrected chi connectivity index (χ0v) is 14.2. The lowest BCUT2D eigenvalue weighted by Gasteiger charge is -2.13. The molecule has 0 aliphatic carbocycles. The van der Waals surface area contributed by atoms with Crippen molar-refractivity contribution < 1.29 is 19.1 Å². The standard InChI is InChI=1S/C16H19N5O4/c1-4-13-18-16-19-15(23)11(21(16)20-13)8-14(22)17-10-6-5-9(24-2)7-12(10)25-3/h5-7,11H,4,8H2,1-3H3,(H,17,22)(H,18,19,20,23)/t11-/m1/s1. The fraction of sp³-hybridized carbons (Fsp3) is 0.375. The number of hydrogen-bond acceptors (Lipinski definition) is 6. The first-order valence-corrected chi connectivity index (χ1v) is 7.83. The van der Waals surface area contributed by atoms with Crippen LogP contribution < -0.4 is 20.1 Å². The molecule has 2 heterocycles. The number of carbonyl (C=O) groups is 2. The Balaban J connectivity index is 1.73. The molecule has 9 heteroatoms. The van der Waals surface area contributed by atoms with Crippen LogP contribution in [-0.2, 0) is 16.0 Å². The first kappa shape index (κ1) is 16.7. The summed E-state index contributed by atoms with van der Waals surface area (Å²) in [6, 6.07) is 4.34. The van der Waals surface area contributed by atoms with E-state index in [0.717, 1.165) is 0 Å². The van der Waals surface area contributed by atoms with Crippen LogP contribution >= 0.6 is 0 Å². The van der Waals surface area contributed by atoms with E-state index in [0.29, 0.717) is 35.4 Å². The van der Waals surface area contributed by atoms with E-state index in [4.69, 9.17) is 9.47 Å². The number of fused-ring (bicyclic) bond motifs is 1. The maximum atomic E-state index is 12.4. The number of amides is 2. The number of hydrogen-bond donors (Lipinski definition) is 2. The summed E-state index contributed by atoms with van der Waals surface area (Å²) >= 11 is 0. The van der Waals surface area contributed by atoms with E-state index >= 15 is 0 Å². The van der Waals surface area contributed by atoms with Crippen LogP contribution in [-0.4, -0.2) is 40.8 Å². The number of anilines is 2. The van der Waals surface area contributed by atoms with Crippen LogP contribution in [0.25, 0.3) is 0 Å². The van der Waals surface area contributed by atoms with Gasteiger partial charge in [-0.1, -0.05) is 6.92 Å². The molecule has 1 aliphatic rings. The lowest BCUT2D eigenvalue weighted by atomic mass is 10.2. The molecule has 0 fully saturated rings. The molecule has 3 rings (SSSR count). The van der Waals surface area contributed by atoms with Crippen molar-refractivity contribution in [1.29, 1.82) is 0 Å². The van der Waals surface area contributed by atoms with Crippen LogP contribution in [0.2, 0.25) is 0 Å². The molecule has 1 aromatic carbocycles. The van der Waals surface area contributed by atoms with Crippen molar-refractivity contribution >= 4 is 23.5 Å². The Kier molecular flexibility index (Phi) is 4.55. The van der Waals surface area contributed by atoms with Gasteiger partial charge in [0, 0.05) is 12.5 Å². The molecule has 0 spiro atoms. The van der Waals surface area contributed by atoms with E-state index in [1.165, 1.54) is 11.8 Å². The van der Waals surface area contributed by atoms with Gasteiger partial charge in [0.1, 0.15) is 17.5 Å². The van der Waals surface area contributed by atoms with E-state index in [-0.39, 0.29) is 18.2 Å². The minimum absolute atomic E-state index is 0.0550. The fourth-order valence-electron chi connectivity index (χ4n) is 2.58. The van der Waals surface area contributed by atoms with Crippen molar-refractivity contribution in [3.63, 3.8) is 0 Å². The van der Waals surface area contributed by atoms with Gasteiger partial charge in [-0.25, -0.2) is 4.68 Å². The summed E-state index contributed by atoms with van der Waals surface area (Å²) in [4.78, 5) is 28.6. The summed E-state index contributed by atoms with van der Waals surface area (Å²) in [7, 11) is 3.05. The van der Waals surface area contributed by atoms with Crippen LogP contribution in [0.5, 0.6) is 11.5 Å². The minimum Gasteiger partial charge on any atom is -0.497 e. The molecule has 9 nitrogen and oxygen atoms in total. The molecule has 132 valence electrons. The van der Waals surface area contributed by atoms with E-state index < -0.39 is 6.04 Å². The molecule has 0 unspecified atom stereocenters. The summed E-state index contributed by atoms with van der Waals surface area (Å²) in [5, 5.41) is 9.65. The fourth-order valence-corrected chi connectivity index (χ4v) is 2.58. The predicted molar refractivity (Wildman–Crippen MR) is 89.9 cm³/mol. The first-order valence-electron chi connectivity index (χ1n) is 7.83. The van der Waals surface area contributed by atoms with Gasteiger partial charge in [0.15, 0.2) is 5.82 Å². The smallest absolute Gasteiger partial charge is 0.252 e. The number of carbonyl (C=O) groups excluding carboxylic acids is 2. The van der Waals surface area contributed by atoms with Gasteiger partial charge in [0.05, 0.1) is 26.3 Å². The van der Waals surface area contributed by atoms with Crippen molar-refractivity contribution in [2.24, 2.45) is 0 Å². The normalized spacial score (nSPS) is 15.5. The lowest BCUT2D eigenvalue weighted by Crippen LogP contribution is -2.24. The highest BCUT2D eigenvalue weighted by Gasteiger charge is 2.34. The Morgan fingerprint density at radius 2 is 2.16 bits per heavy atom. The second-order valence-corrected chi connectivity index (χ2v) is 5.47. The third-order valence-electron chi connectivity index (χ3n) is 3.89. The topological polar surface area (TPSA) is 107 Å². The summed E-state index contributed by atoms with van der Waals surface area (Å²) < 4.78 is 11.8. The Hall–Kier alpha value is -3.10. The van der Waals surface area contributed by atoms with Gasteiger partial charge < -0.3 is 14.8 Å². The molecular formula is C16H19N5O4. The van der Waals surface area contributed by atoms with E-state index in [1.807, 2.05) is 6.92 Å². The summed E-state index contributed by atoms with van der Waals surface area (Å²) in [6.07, 6.45) is 0.596. The zero-order valence-electron chi connectivity index (χ0n) is 14.2. The van der Waals surface area contributed by atoms with Crippen molar-refractivity contribution in [1.82, 2.24) is 14.8 Å². The van der Waals surface area contributed by atoms with Gasteiger partial charge in [-0.3, -0.25) is 14.9 Å². The number of nitrogens with zero attached hydrogens (tertiary/aromatic N) is 3. The molecule has 2 amide bonds. The Morgan fingerprint density at radius 3 is 2.84 bits per heavy atom. The zero-order chi connectivity index (χ0) is 18.0. The highest BCUT2D eigenvalue weighted by molar-refractivity contribution is 6.01. The third kappa shape index (κ3) is 3.25. The molecule has 0 radical (unpaired) electrons. The average molecular weight is 345 g/mol. The molecule has 2 aromatic rings. The average Bonchev–Trinajstić information content (AvgIpc) is 3.13. The molecule has 0 saturated heterocycles. The van der Waals surface area contributed by atoms with Gasteiger partial charge >= 0.3 is 0 Å². The minimum atomic E-state index is -0.716. The summed E-state index contributed by atoms with van der Waals surface area (Å²) in [6.45, 7) is 1.92. The molecule has 2 N–H and O–H groups in total. The number of aryl methyl sites for hydroxylation is 1. The van der Waals surface area contributed by atoms with E-state index in [2.05, 4.69) is 20.7 Å². The second kappa shape index (κ2) is 6.80. The number of methoxy groups -OCH3 is 2. The SMILES string of the molecule is CCc1nc2n(n1)[C@H](CC(=O)Nc1ccc(OC)cc1OC)C(=O)N2. The number of benzene rings is 1. The van der Waals surface area contributed by atoms with Crippen molar-refractivity contribution in [3.8, 4) is 11.5 Å². The van der Waals surface area contributed by atoms with Gasteiger partial charge in [-0.05, 0) is 12.1 Å². The van der Waals surface area contributed by atoms with Crippen LogP contribution in [0.4, 0.5) is 11.6 Å². The third-order valence-corrected chi connectivity index (χ3v) is 3.89. The van der Waals surface area contributed by atoms with Gasteiger partial charge in [0.2, 0.25) is 11.9 Å². The summed E-state index contributed by atoms with van der Waals surface area (Å²) in [5.41, 5.74) is 0.500. The Bertz CT molecular complexity index is 817. The van der Waals surface area contributed by atoms with Crippen LogP contribution in [0.15, 0.2) is 18.2 Å². The van der Waals surface area contributed by atoms with Gasteiger partial charge in [0.25, 0.3) is 5.91 Å². The highest BCUT2D eigenvalue weighted by Crippen LogP contribution is 2.30. The van der Waals surface area contributed by atoms with Gasteiger partial charge in [-0.2, -0.15) is 10.1 Å². The van der Waals surface area contributed by atoms with E-state index in [9.17, 15) is 9.59 Å². The number of aromatic nitrogens is 3. The van der Waals surface area contributed by atoms with Crippen molar-refractivity contribution in [2.45, 2.75) is 25.8 Å². The molecular weight excluding hydrogens is 326 g/mol.